The lowest BCUT2D eigenvalue weighted by atomic mass is 9.94. The minimum Gasteiger partial charge on any atom is -0.468 e. The van der Waals surface area contributed by atoms with Crippen LogP contribution in [0.15, 0.2) is 0 Å². The number of nitrogens with zero attached hydrogens (tertiary/aromatic N) is 1. The van der Waals surface area contributed by atoms with E-state index >= 15 is 0 Å². The molecule has 0 aliphatic carbocycles. The van der Waals surface area contributed by atoms with Crippen LogP contribution in [0, 0.1) is 5.92 Å². The molecule has 2 N–H and O–H groups in total. The van der Waals surface area contributed by atoms with Crippen LogP contribution in [0.3, 0.4) is 0 Å². The maximum Gasteiger partial charge on any atom is 0.325 e. The predicted molar refractivity (Wildman–Crippen MR) is 77.9 cm³/mol. The number of methoxy groups -OCH3 is 1. The molecule has 2 unspecified atom stereocenters. The van der Waals surface area contributed by atoms with E-state index < -0.39 is 5.54 Å². The summed E-state index contributed by atoms with van der Waals surface area (Å²) in [5.74, 6) is 0.570. The van der Waals surface area contributed by atoms with Crippen LogP contribution in [-0.4, -0.2) is 43.2 Å². The van der Waals surface area contributed by atoms with Crippen molar-refractivity contribution in [3.63, 3.8) is 0 Å². The van der Waals surface area contributed by atoms with Gasteiger partial charge in [0.2, 0.25) is 0 Å². The maximum absolute atomic E-state index is 11.5. The molecule has 1 rings (SSSR count). The molecule has 1 aliphatic heterocycles. The molecule has 0 saturated carbocycles. The molecule has 0 spiro atoms. The van der Waals surface area contributed by atoms with Gasteiger partial charge < -0.3 is 15.4 Å². The molecule has 1 aliphatic rings. The number of esters is 1. The van der Waals surface area contributed by atoms with Crippen molar-refractivity contribution < 1.29 is 9.53 Å². The normalized spacial score (nSPS) is 23.9. The number of piperidine rings is 1. The average molecular weight is 270 g/mol. The zero-order valence-electron chi connectivity index (χ0n) is 12.8. The first-order chi connectivity index (χ1) is 8.99. The molecule has 0 radical (unpaired) electrons. The van der Waals surface area contributed by atoms with Gasteiger partial charge in [-0.3, -0.25) is 4.79 Å². The third kappa shape index (κ3) is 5.49. The van der Waals surface area contributed by atoms with Crippen LogP contribution in [0.25, 0.3) is 0 Å². The number of unbranched alkanes of at least 4 members (excludes halogenated alkanes) is 1. The highest BCUT2D eigenvalue weighted by atomic mass is 16.5. The summed E-state index contributed by atoms with van der Waals surface area (Å²) in [6, 6.07) is 0. The summed E-state index contributed by atoms with van der Waals surface area (Å²) in [5, 5.41) is 0. The third-order valence-electron chi connectivity index (χ3n) is 4.25. The van der Waals surface area contributed by atoms with Crippen molar-refractivity contribution in [2.24, 2.45) is 11.7 Å². The van der Waals surface area contributed by atoms with Gasteiger partial charge in [0.15, 0.2) is 0 Å². The number of rotatable bonds is 7. The van der Waals surface area contributed by atoms with E-state index in [9.17, 15) is 4.79 Å². The topological polar surface area (TPSA) is 55.6 Å². The Labute approximate surface area is 117 Å². The standard InChI is InChI=1S/C15H30N2O2/c1-4-13-8-7-11-17(12-13)10-6-5-9-15(2,16)14(18)19-3/h13H,4-12,16H2,1-3H3. The second kappa shape index (κ2) is 7.85. The highest BCUT2D eigenvalue weighted by Gasteiger charge is 2.28. The Bertz CT molecular complexity index is 279. The van der Waals surface area contributed by atoms with E-state index in [0.717, 1.165) is 25.3 Å². The van der Waals surface area contributed by atoms with Crippen LogP contribution in [0.4, 0.5) is 0 Å². The second-order valence-corrected chi connectivity index (χ2v) is 6.08. The van der Waals surface area contributed by atoms with E-state index in [-0.39, 0.29) is 5.97 Å². The SMILES string of the molecule is CCC1CCCN(CCCCC(C)(N)C(=O)OC)C1. The van der Waals surface area contributed by atoms with Gasteiger partial charge in [-0.25, -0.2) is 0 Å². The van der Waals surface area contributed by atoms with E-state index in [1.807, 2.05) is 0 Å². The van der Waals surface area contributed by atoms with Crippen molar-refractivity contribution >= 4 is 5.97 Å². The molecular weight excluding hydrogens is 240 g/mol. The molecule has 1 fully saturated rings. The van der Waals surface area contributed by atoms with Crippen molar-refractivity contribution in [2.45, 2.75) is 57.9 Å². The molecule has 0 amide bonds. The Balaban J connectivity index is 2.18. The number of ether oxygens (including phenoxy) is 1. The van der Waals surface area contributed by atoms with Crippen molar-refractivity contribution in [1.29, 1.82) is 0 Å². The first-order valence-corrected chi connectivity index (χ1v) is 7.59. The molecule has 0 bridgehead atoms. The molecule has 1 heterocycles. The quantitative estimate of drug-likeness (QED) is 0.569. The molecule has 4 heteroatoms. The highest BCUT2D eigenvalue weighted by molar-refractivity contribution is 5.79. The molecule has 2 atom stereocenters. The Kier molecular flexibility index (Phi) is 6.80. The summed E-state index contributed by atoms with van der Waals surface area (Å²) in [6.45, 7) is 7.64. The van der Waals surface area contributed by atoms with Gasteiger partial charge in [0.25, 0.3) is 0 Å². The fourth-order valence-corrected chi connectivity index (χ4v) is 2.85. The van der Waals surface area contributed by atoms with E-state index in [2.05, 4.69) is 11.8 Å². The fourth-order valence-electron chi connectivity index (χ4n) is 2.85. The van der Waals surface area contributed by atoms with Gasteiger partial charge >= 0.3 is 5.97 Å². The number of likely N-dealkylation sites (tertiary alicyclic amines) is 1. The van der Waals surface area contributed by atoms with Gasteiger partial charge in [-0.1, -0.05) is 13.3 Å². The summed E-state index contributed by atoms with van der Waals surface area (Å²) in [6.07, 6.45) is 6.80. The van der Waals surface area contributed by atoms with Gasteiger partial charge in [0, 0.05) is 6.54 Å². The smallest absolute Gasteiger partial charge is 0.325 e. The highest BCUT2D eigenvalue weighted by Crippen LogP contribution is 2.20. The lowest BCUT2D eigenvalue weighted by Crippen LogP contribution is -2.45. The van der Waals surface area contributed by atoms with Crippen LogP contribution in [0.2, 0.25) is 0 Å². The van der Waals surface area contributed by atoms with E-state index in [0.29, 0.717) is 6.42 Å². The number of hydrogen-bond donors (Lipinski definition) is 1. The van der Waals surface area contributed by atoms with Crippen LogP contribution < -0.4 is 5.73 Å². The van der Waals surface area contributed by atoms with Crippen LogP contribution in [0.5, 0.6) is 0 Å². The monoisotopic (exact) mass is 270 g/mol. The molecular formula is C15H30N2O2. The van der Waals surface area contributed by atoms with Gasteiger partial charge in [-0.05, 0) is 58.0 Å². The van der Waals surface area contributed by atoms with Gasteiger partial charge in [0.1, 0.15) is 5.54 Å². The van der Waals surface area contributed by atoms with Crippen molar-refractivity contribution in [2.75, 3.05) is 26.7 Å². The first-order valence-electron chi connectivity index (χ1n) is 7.59. The Morgan fingerprint density at radius 2 is 2.21 bits per heavy atom. The maximum atomic E-state index is 11.5. The zero-order chi connectivity index (χ0) is 14.3. The van der Waals surface area contributed by atoms with E-state index in [1.54, 1.807) is 6.92 Å². The lowest BCUT2D eigenvalue weighted by Gasteiger charge is -2.32. The Morgan fingerprint density at radius 3 is 2.84 bits per heavy atom. The van der Waals surface area contributed by atoms with Crippen LogP contribution >= 0.6 is 0 Å². The number of carbonyl (C=O) groups excluding carboxylic acids is 1. The molecule has 112 valence electrons. The Morgan fingerprint density at radius 1 is 1.47 bits per heavy atom. The number of hydrogen-bond acceptors (Lipinski definition) is 4. The van der Waals surface area contributed by atoms with Crippen molar-refractivity contribution in [3.05, 3.63) is 0 Å². The fraction of sp³-hybridized carbons (Fsp3) is 0.933. The van der Waals surface area contributed by atoms with Gasteiger partial charge in [-0.2, -0.15) is 0 Å². The predicted octanol–water partition coefficient (Wildman–Crippen LogP) is 2.17. The van der Waals surface area contributed by atoms with Gasteiger partial charge in [0.05, 0.1) is 7.11 Å². The van der Waals surface area contributed by atoms with Crippen molar-refractivity contribution in [1.82, 2.24) is 4.90 Å². The van der Waals surface area contributed by atoms with E-state index in [1.165, 1.54) is 39.5 Å². The molecule has 0 aromatic rings. The minimum atomic E-state index is -0.831. The van der Waals surface area contributed by atoms with Crippen LogP contribution in [0.1, 0.15) is 52.4 Å². The van der Waals surface area contributed by atoms with E-state index in [4.69, 9.17) is 10.5 Å². The van der Waals surface area contributed by atoms with Crippen molar-refractivity contribution in [3.8, 4) is 0 Å². The zero-order valence-corrected chi connectivity index (χ0v) is 12.8. The third-order valence-corrected chi connectivity index (χ3v) is 4.25. The average Bonchev–Trinajstić information content (AvgIpc) is 2.43. The molecule has 19 heavy (non-hydrogen) atoms. The van der Waals surface area contributed by atoms with Gasteiger partial charge in [-0.15, -0.1) is 0 Å². The summed E-state index contributed by atoms with van der Waals surface area (Å²) >= 11 is 0. The number of nitrogens with two attached hydrogens (primary N) is 1. The summed E-state index contributed by atoms with van der Waals surface area (Å²) in [5.41, 5.74) is 5.11. The summed E-state index contributed by atoms with van der Waals surface area (Å²) in [7, 11) is 1.39. The molecule has 0 aromatic carbocycles. The first kappa shape index (κ1) is 16.4. The summed E-state index contributed by atoms with van der Waals surface area (Å²) in [4.78, 5) is 14.0. The molecule has 1 saturated heterocycles. The lowest BCUT2D eigenvalue weighted by molar-refractivity contribution is -0.146. The number of carbonyl (C=O) groups is 1. The van der Waals surface area contributed by atoms with Crippen LogP contribution in [-0.2, 0) is 9.53 Å². The molecule has 4 nitrogen and oxygen atoms in total. The Hall–Kier alpha value is -0.610. The second-order valence-electron chi connectivity index (χ2n) is 6.08. The molecule has 0 aromatic heterocycles. The minimum absolute atomic E-state index is 0.309. The largest absolute Gasteiger partial charge is 0.468 e. The summed E-state index contributed by atoms with van der Waals surface area (Å²) < 4.78 is 4.72.